The van der Waals surface area contributed by atoms with E-state index in [-0.39, 0.29) is 4.47 Å². The number of hydrogen-bond donors (Lipinski definition) is 2. The maximum absolute atomic E-state index is 13.0. The zero-order valence-electron chi connectivity index (χ0n) is 7.04. The Morgan fingerprint density at radius 1 is 1.50 bits per heavy atom. The molecule has 1 aromatic rings. The van der Waals surface area contributed by atoms with Crippen LogP contribution in [0.1, 0.15) is 10.4 Å². The first kappa shape index (κ1) is 10.8. The number of halogens is 2. The summed E-state index contributed by atoms with van der Waals surface area (Å²) in [5.74, 6) is -3.24. The highest BCUT2D eigenvalue weighted by Crippen LogP contribution is 2.38. The number of phenols is 2. The zero-order valence-corrected chi connectivity index (χ0v) is 8.63. The Bertz CT molecular complexity index is 391. The lowest BCUT2D eigenvalue weighted by Gasteiger charge is -2.06. The van der Waals surface area contributed by atoms with Crippen LogP contribution in [0.5, 0.6) is 11.5 Å². The average Bonchev–Trinajstić information content (AvgIpc) is 2.19. The standard InChI is InChI=1S/C8H6BrFO4/c1-14-8(13)3-2-4(10)5(9)7(12)6(3)11/h2,11-12H,1H3. The van der Waals surface area contributed by atoms with E-state index in [0.29, 0.717) is 0 Å². The lowest BCUT2D eigenvalue weighted by atomic mass is 10.2. The molecule has 0 atom stereocenters. The topological polar surface area (TPSA) is 66.8 Å². The van der Waals surface area contributed by atoms with Crippen LogP contribution in [0.15, 0.2) is 10.5 Å². The predicted molar refractivity (Wildman–Crippen MR) is 48.8 cm³/mol. The second-order valence-corrected chi connectivity index (χ2v) is 3.20. The van der Waals surface area contributed by atoms with Gasteiger partial charge in [0, 0.05) is 0 Å². The fourth-order valence-corrected chi connectivity index (χ4v) is 1.17. The van der Waals surface area contributed by atoms with Crippen LogP contribution in [0.4, 0.5) is 4.39 Å². The number of phenolic OH excluding ortho intramolecular Hbond substituents is 2. The Labute approximate surface area is 87.1 Å². The number of aromatic hydroxyl groups is 2. The van der Waals surface area contributed by atoms with Crippen LogP contribution >= 0.6 is 15.9 Å². The summed E-state index contributed by atoms with van der Waals surface area (Å²) < 4.78 is 17.0. The molecule has 0 aromatic heterocycles. The van der Waals surface area contributed by atoms with Crippen LogP contribution in [0.3, 0.4) is 0 Å². The molecule has 0 aliphatic heterocycles. The van der Waals surface area contributed by atoms with Crippen LogP contribution in [0.25, 0.3) is 0 Å². The fourth-order valence-electron chi connectivity index (χ4n) is 0.869. The van der Waals surface area contributed by atoms with E-state index >= 15 is 0 Å². The van der Waals surface area contributed by atoms with Gasteiger partial charge in [0.25, 0.3) is 0 Å². The number of carbonyl (C=O) groups is 1. The molecule has 0 heterocycles. The maximum atomic E-state index is 13.0. The summed E-state index contributed by atoms with van der Waals surface area (Å²) in [6.07, 6.45) is 0. The molecule has 14 heavy (non-hydrogen) atoms. The molecule has 0 aliphatic carbocycles. The number of esters is 1. The molecule has 0 amide bonds. The number of hydrogen-bond acceptors (Lipinski definition) is 4. The molecule has 0 unspecified atom stereocenters. The SMILES string of the molecule is COC(=O)c1cc(F)c(Br)c(O)c1O. The largest absolute Gasteiger partial charge is 0.504 e. The van der Waals surface area contributed by atoms with Crippen molar-refractivity contribution in [1.82, 2.24) is 0 Å². The molecular weight excluding hydrogens is 259 g/mol. The van der Waals surface area contributed by atoms with Crippen molar-refractivity contribution in [2.24, 2.45) is 0 Å². The highest BCUT2D eigenvalue weighted by molar-refractivity contribution is 9.10. The summed E-state index contributed by atoms with van der Waals surface area (Å²) in [6, 6.07) is 0.769. The smallest absolute Gasteiger partial charge is 0.341 e. The molecule has 0 radical (unpaired) electrons. The molecular formula is C8H6BrFO4. The Hall–Kier alpha value is -1.30. The van der Waals surface area contributed by atoms with Crippen LogP contribution < -0.4 is 0 Å². The summed E-state index contributed by atoms with van der Waals surface area (Å²) in [6.45, 7) is 0. The lowest BCUT2D eigenvalue weighted by molar-refractivity contribution is 0.0596. The summed E-state index contributed by atoms with van der Waals surface area (Å²) in [5, 5.41) is 18.4. The third-order valence-electron chi connectivity index (χ3n) is 1.57. The van der Waals surface area contributed by atoms with Gasteiger partial charge in [-0.2, -0.15) is 0 Å². The molecule has 1 rings (SSSR count). The number of benzene rings is 1. The zero-order chi connectivity index (χ0) is 10.9. The van der Waals surface area contributed by atoms with Gasteiger partial charge < -0.3 is 14.9 Å². The van der Waals surface area contributed by atoms with Gasteiger partial charge in [0.15, 0.2) is 11.5 Å². The van der Waals surface area contributed by atoms with Crippen LogP contribution in [0.2, 0.25) is 0 Å². The normalized spacial score (nSPS) is 9.93. The molecule has 0 aliphatic rings. The van der Waals surface area contributed by atoms with E-state index in [9.17, 15) is 14.3 Å². The summed E-state index contributed by atoms with van der Waals surface area (Å²) in [5.41, 5.74) is -0.425. The Morgan fingerprint density at radius 3 is 2.57 bits per heavy atom. The minimum atomic E-state index is -0.927. The number of ether oxygens (including phenoxy) is 1. The van der Waals surface area contributed by atoms with E-state index in [1.54, 1.807) is 0 Å². The molecule has 2 N–H and O–H groups in total. The monoisotopic (exact) mass is 264 g/mol. The Morgan fingerprint density at radius 2 is 2.07 bits per heavy atom. The number of carbonyl (C=O) groups excluding carboxylic acids is 1. The highest BCUT2D eigenvalue weighted by atomic mass is 79.9. The van der Waals surface area contributed by atoms with Gasteiger partial charge in [0.2, 0.25) is 0 Å². The molecule has 0 saturated carbocycles. The number of rotatable bonds is 1. The molecule has 0 fully saturated rings. The minimum absolute atomic E-state index is 0.303. The fraction of sp³-hybridized carbons (Fsp3) is 0.125. The quantitative estimate of drug-likeness (QED) is 0.600. The van der Waals surface area contributed by atoms with Crippen molar-refractivity contribution in [3.05, 3.63) is 21.9 Å². The first-order chi connectivity index (χ1) is 6.49. The second kappa shape index (κ2) is 3.83. The van der Waals surface area contributed by atoms with E-state index in [1.807, 2.05) is 0 Å². The van der Waals surface area contributed by atoms with Gasteiger partial charge in [0.1, 0.15) is 11.4 Å². The molecule has 6 heteroatoms. The molecule has 4 nitrogen and oxygen atoms in total. The Balaban J connectivity index is 3.40. The maximum Gasteiger partial charge on any atom is 0.341 e. The van der Waals surface area contributed by atoms with Gasteiger partial charge in [-0.15, -0.1) is 0 Å². The third-order valence-corrected chi connectivity index (χ3v) is 2.33. The van der Waals surface area contributed by atoms with Crippen molar-refractivity contribution in [3.63, 3.8) is 0 Å². The van der Waals surface area contributed by atoms with Gasteiger partial charge >= 0.3 is 5.97 Å². The molecule has 1 aromatic carbocycles. The van der Waals surface area contributed by atoms with Crippen molar-refractivity contribution in [2.45, 2.75) is 0 Å². The summed E-state index contributed by atoms with van der Waals surface area (Å²) in [7, 11) is 1.08. The van der Waals surface area contributed by atoms with Gasteiger partial charge in [-0.05, 0) is 22.0 Å². The molecule has 0 spiro atoms. The first-order valence-electron chi connectivity index (χ1n) is 3.47. The predicted octanol–water partition coefficient (Wildman–Crippen LogP) is 1.79. The first-order valence-corrected chi connectivity index (χ1v) is 4.26. The molecule has 0 saturated heterocycles. The third kappa shape index (κ3) is 1.65. The van der Waals surface area contributed by atoms with Gasteiger partial charge in [-0.1, -0.05) is 0 Å². The van der Waals surface area contributed by atoms with Gasteiger partial charge in [-0.3, -0.25) is 0 Å². The van der Waals surface area contributed by atoms with Crippen LogP contribution in [-0.4, -0.2) is 23.3 Å². The summed E-state index contributed by atoms with van der Waals surface area (Å²) >= 11 is 2.70. The van der Waals surface area contributed by atoms with E-state index in [2.05, 4.69) is 20.7 Å². The van der Waals surface area contributed by atoms with Crippen molar-refractivity contribution in [1.29, 1.82) is 0 Å². The van der Waals surface area contributed by atoms with E-state index in [4.69, 9.17) is 5.11 Å². The lowest BCUT2D eigenvalue weighted by Crippen LogP contribution is -2.02. The van der Waals surface area contributed by atoms with E-state index in [1.165, 1.54) is 0 Å². The minimum Gasteiger partial charge on any atom is -0.504 e. The molecule has 0 bridgehead atoms. The van der Waals surface area contributed by atoms with Crippen LogP contribution in [0, 0.1) is 5.82 Å². The van der Waals surface area contributed by atoms with Crippen LogP contribution in [-0.2, 0) is 4.74 Å². The van der Waals surface area contributed by atoms with E-state index < -0.39 is 28.8 Å². The Kier molecular flexibility index (Phi) is 2.95. The van der Waals surface area contributed by atoms with Crippen molar-refractivity contribution in [2.75, 3.05) is 7.11 Å². The van der Waals surface area contributed by atoms with Crippen molar-refractivity contribution >= 4 is 21.9 Å². The highest BCUT2D eigenvalue weighted by Gasteiger charge is 2.20. The molecule has 76 valence electrons. The van der Waals surface area contributed by atoms with Gasteiger partial charge in [-0.25, -0.2) is 9.18 Å². The van der Waals surface area contributed by atoms with Gasteiger partial charge in [0.05, 0.1) is 11.6 Å². The van der Waals surface area contributed by atoms with Crippen molar-refractivity contribution in [3.8, 4) is 11.5 Å². The van der Waals surface area contributed by atoms with Crippen molar-refractivity contribution < 1.29 is 24.1 Å². The average molecular weight is 265 g/mol. The van der Waals surface area contributed by atoms with E-state index in [0.717, 1.165) is 13.2 Å². The number of methoxy groups -OCH3 is 1. The second-order valence-electron chi connectivity index (χ2n) is 2.41. The summed E-state index contributed by atoms with van der Waals surface area (Å²) in [4.78, 5) is 11.0.